The molecule has 0 N–H and O–H groups in total. The number of thiol groups is 1. The first kappa shape index (κ1) is 23.1. The fourth-order valence-corrected chi connectivity index (χ4v) is 3.34. The predicted octanol–water partition coefficient (Wildman–Crippen LogP) is 5.88. The molecule has 0 radical (unpaired) electrons. The van der Waals surface area contributed by atoms with Crippen molar-refractivity contribution in [2.45, 2.75) is 59.2 Å². The SMILES string of the molecule is CC.CS.Cc1cc(F)c(CC(C)C2=CCC3(CC2)OCCO3)cc1F. The molecule has 2 nitrogen and oxygen atoms in total. The minimum Gasteiger partial charge on any atom is -0.347 e. The maximum atomic E-state index is 14.0. The fourth-order valence-electron chi connectivity index (χ4n) is 3.34. The van der Waals surface area contributed by atoms with Crippen LogP contribution in [-0.4, -0.2) is 25.3 Å². The van der Waals surface area contributed by atoms with Crippen molar-refractivity contribution >= 4 is 12.6 Å². The topological polar surface area (TPSA) is 18.5 Å². The van der Waals surface area contributed by atoms with Gasteiger partial charge in [-0.2, -0.15) is 12.6 Å². The van der Waals surface area contributed by atoms with Gasteiger partial charge in [0, 0.05) is 12.8 Å². The van der Waals surface area contributed by atoms with Crippen molar-refractivity contribution in [2.75, 3.05) is 19.5 Å². The standard InChI is InChI=1S/C18H22F2O2.C2H6.CH4S/c1-12(9-15-11-16(19)13(2)10-17(15)20)14-3-5-18(6-4-14)21-7-8-22-18;2*1-2/h3,10-12H,4-9H2,1-2H3;1-2H3;2H,1H3. The lowest BCUT2D eigenvalue weighted by atomic mass is 9.84. The lowest BCUT2D eigenvalue weighted by Crippen LogP contribution is -2.32. The molecule has 1 unspecified atom stereocenters. The van der Waals surface area contributed by atoms with Crippen LogP contribution in [0.15, 0.2) is 23.8 Å². The van der Waals surface area contributed by atoms with E-state index in [2.05, 4.69) is 25.6 Å². The molecule has 1 saturated heterocycles. The zero-order valence-electron chi connectivity index (χ0n) is 16.6. The molecule has 1 aromatic carbocycles. The van der Waals surface area contributed by atoms with Crippen LogP contribution in [0.2, 0.25) is 0 Å². The van der Waals surface area contributed by atoms with Crippen LogP contribution < -0.4 is 0 Å². The highest BCUT2D eigenvalue weighted by Crippen LogP contribution is 2.37. The summed E-state index contributed by atoms with van der Waals surface area (Å²) in [5.74, 6) is -0.894. The molecule has 1 aliphatic carbocycles. The van der Waals surface area contributed by atoms with Crippen LogP contribution in [0.3, 0.4) is 0 Å². The van der Waals surface area contributed by atoms with Gasteiger partial charge in [0.2, 0.25) is 0 Å². The second-order valence-corrected chi connectivity index (χ2v) is 6.39. The average Bonchev–Trinajstić information content (AvgIpc) is 3.11. The van der Waals surface area contributed by atoms with Crippen LogP contribution >= 0.6 is 12.6 Å². The number of aryl methyl sites for hydroxylation is 1. The van der Waals surface area contributed by atoms with Crippen molar-refractivity contribution in [3.63, 3.8) is 0 Å². The fraction of sp³-hybridized carbons (Fsp3) is 0.619. The summed E-state index contributed by atoms with van der Waals surface area (Å²) in [6.07, 6.45) is 6.84. The summed E-state index contributed by atoms with van der Waals surface area (Å²) in [4.78, 5) is 0. The third kappa shape index (κ3) is 5.80. The van der Waals surface area contributed by atoms with Crippen LogP contribution in [0.25, 0.3) is 0 Å². The van der Waals surface area contributed by atoms with Crippen LogP contribution in [-0.2, 0) is 15.9 Å². The van der Waals surface area contributed by atoms with E-state index in [4.69, 9.17) is 9.47 Å². The van der Waals surface area contributed by atoms with E-state index in [0.29, 0.717) is 30.8 Å². The normalized spacial score (nSPS) is 19.0. The van der Waals surface area contributed by atoms with Gasteiger partial charge < -0.3 is 9.47 Å². The Kier molecular flexibility index (Phi) is 9.83. The number of hydrogen-bond acceptors (Lipinski definition) is 3. The molecular weight excluding hydrogens is 354 g/mol. The molecule has 1 spiro atoms. The van der Waals surface area contributed by atoms with Crippen molar-refractivity contribution in [2.24, 2.45) is 5.92 Å². The van der Waals surface area contributed by atoms with Crippen LogP contribution in [0.1, 0.15) is 51.2 Å². The van der Waals surface area contributed by atoms with Crippen molar-refractivity contribution in [1.82, 2.24) is 0 Å². The number of halogens is 2. The Morgan fingerprint density at radius 3 is 2.27 bits per heavy atom. The second-order valence-electron chi connectivity index (χ2n) is 6.39. The van der Waals surface area contributed by atoms with Crippen molar-refractivity contribution in [3.8, 4) is 0 Å². The minimum absolute atomic E-state index is 0.190. The molecule has 0 saturated carbocycles. The highest BCUT2D eigenvalue weighted by molar-refractivity contribution is 7.79. The largest absolute Gasteiger partial charge is 0.347 e. The summed E-state index contributed by atoms with van der Waals surface area (Å²) < 4.78 is 39.0. The highest BCUT2D eigenvalue weighted by atomic mass is 32.1. The summed E-state index contributed by atoms with van der Waals surface area (Å²) in [6, 6.07) is 2.61. The molecule has 0 bridgehead atoms. The number of hydrogen-bond donors (Lipinski definition) is 1. The van der Waals surface area contributed by atoms with Gasteiger partial charge in [0.25, 0.3) is 0 Å². The van der Waals surface area contributed by atoms with E-state index in [1.165, 1.54) is 17.7 Å². The molecule has 0 amide bonds. The molecular formula is C21H32F2O2S. The van der Waals surface area contributed by atoms with Crippen molar-refractivity contribution in [1.29, 1.82) is 0 Å². The molecule has 1 heterocycles. The third-order valence-electron chi connectivity index (χ3n) is 4.77. The first-order valence-corrected chi connectivity index (χ1v) is 10.2. The van der Waals surface area contributed by atoms with E-state index in [1.807, 2.05) is 13.8 Å². The first-order chi connectivity index (χ1) is 12.5. The monoisotopic (exact) mass is 386 g/mol. The molecule has 148 valence electrons. The van der Waals surface area contributed by atoms with Gasteiger partial charge in [-0.25, -0.2) is 8.78 Å². The van der Waals surface area contributed by atoms with E-state index in [-0.39, 0.29) is 17.6 Å². The molecule has 1 aliphatic heterocycles. The van der Waals surface area contributed by atoms with Gasteiger partial charge in [-0.15, -0.1) is 0 Å². The van der Waals surface area contributed by atoms with Crippen LogP contribution in [0.5, 0.6) is 0 Å². The van der Waals surface area contributed by atoms with Crippen LogP contribution in [0.4, 0.5) is 8.78 Å². The first-order valence-electron chi connectivity index (χ1n) is 9.35. The maximum absolute atomic E-state index is 14.0. The van der Waals surface area contributed by atoms with Gasteiger partial charge in [-0.1, -0.05) is 32.4 Å². The van der Waals surface area contributed by atoms with Gasteiger partial charge in [0.05, 0.1) is 13.2 Å². The lowest BCUT2D eigenvalue weighted by Gasteiger charge is -2.32. The van der Waals surface area contributed by atoms with Gasteiger partial charge in [0.1, 0.15) is 11.6 Å². The number of allylic oxidation sites excluding steroid dienone is 1. The zero-order valence-corrected chi connectivity index (χ0v) is 17.5. The van der Waals surface area contributed by atoms with E-state index in [0.717, 1.165) is 19.3 Å². The minimum atomic E-state index is -0.426. The molecule has 3 rings (SSSR count). The molecule has 1 atom stereocenters. The molecule has 1 aromatic rings. The Balaban J connectivity index is 0.000000791. The number of rotatable bonds is 3. The summed E-state index contributed by atoms with van der Waals surface area (Å²) in [7, 11) is 0. The zero-order chi connectivity index (χ0) is 19.7. The molecule has 0 aromatic heterocycles. The average molecular weight is 387 g/mol. The molecule has 2 aliphatic rings. The number of ether oxygens (including phenoxy) is 2. The van der Waals surface area contributed by atoms with Gasteiger partial charge in [0.15, 0.2) is 5.79 Å². The van der Waals surface area contributed by atoms with Crippen LogP contribution in [0, 0.1) is 24.5 Å². The summed E-state index contributed by atoms with van der Waals surface area (Å²) in [5.41, 5.74) is 2.08. The second kappa shape index (κ2) is 11.1. The quantitative estimate of drug-likeness (QED) is 0.517. The predicted molar refractivity (Wildman–Crippen MR) is 107 cm³/mol. The van der Waals surface area contributed by atoms with E-state index < -0.39 is 5.79 Å². The van der Waals surface area contributed by atoms with Crippen molar-refractivity contribution < 1.29 is 18.3 Å². The lowest BCUT2D eigenvalue weighted by molar-refractivity contribution is -0.161. The maximum Gasteiger partial charge on any atom is 0.172 e. The Hall–Kier alpha value is -0.910. The summed E-state index contributed by atoms with van der Waals surface area (Å²) >= 11 is 3.53. The smallest absolute Gasteiger partial charge is 0.172 e. The Morgan fingerprint density at radius 2 is 1.73 bits per heavy atom. The number of benzene rings is 1. The van der Waals surface area contributed by atoms with Crippen molar-refractivity contribution in [3.05, 3.63) is 46.5 Å². The van der Waals surface area contributed by atoms with E-state index in [1.54, 1.807) is 13.2 Å². The molecule has 1 fully saturated rings. The summed E-state index contributed by atoms with van der Waals surface area (Å²) in [6.45, 7) is 8.97. The Bertz CT molecular complexity index is 596. The molecule has 26 heavy (non-hydrogen) atoms. The molecule has 5 heteroatoms. The Labute approximate surface area is 162 Å². The van der Waals surface area contributed by atoms with Gasteiger partial charge in [-0.3, -0.25) is 0 Å². The van der Waals surface area contributed by atoms with E-state index in [9.17, 15) is 8.78 Å². The third-order valence-corrected chi connectivity index (χ3v) is 4.77. The summed E-state index contributed by atoms with van der Waals surface area (Å²) in [5, 5.41) is 0. The highest BCUT2D eigenvalue weighted by Gasteiger charge is 2.38. The van der Waals surface area contributed by atoms with Gasteiger partial charge >= 0.3 is 0 Å². The van der Waals surface area contributed by atoms with E-state index >= 15 is 0 Å². The Morgan fingerprint density at radius 1 is 1.12 bits per heavy atom. The van der Waals surface area contributed by atoms with Gasteiger partial charge in [-0.05, 0) is 55.2 Å².